The number of aryl methyl sites for hydroxylation is 1. The Morgan fingerprint density at radius 3 is 2.49 bits per heavy atom. The zero-order chi connectivity index (χ0) is 31.9. The van der Waals surface area contributed by atoms with Gasteiger partial charge in [0.1, 0.15) is 5.69 Å². The summed E-state index contributed by atoms with van der Waals surface area (Å²) < 4.78 is 44.4. The minimum Gasteiger partial charge on any atom is -0.491 e. The molecule has 0 aliphatic carbocycles. The number of ether oxygens (including phenoxy) is 2. The average molecular weight is 619 g/mol. The molecule has 0 saturated carbocycles. The lowest BCUT2D eigenvalue weighted by Crippen LogP contribution is -2.51. The van der Waals surface area contributed by atoms with Crippen LogP contribution in [0.3, 0.4) is 0 Å². The van der Waals surface area contributed by atoms with Gasteiger partial charge in [0.2, 0.25) is 5.82 Å². The van der Waals surface area contributed by atoms with Crippen LogP contribution >= 0.6 is 0 Å². The summed E-state index contributed by atoms with van der Waals surface area (Å²) in [4.78, 5) is 15.8. The molecule has 2 aromatic carbocycles. The number of halogens is 2. The number of rotatable bonds is 6. The van der Waals surface area contributed by atoms with Crippen LogP contribution in [0.4, 0.5) is 8.78 Å². The van der Waals surface area contributed by atoms with E-state index in [4.69, 9.17) is 14.6 Å². The maximum atomic E-state index is 14.8. The van der Waals surface area contributed by atoms with Crippen molar-refractivity contribution in [2.45, 2.75) is 77.4 Å². The van der Waals surface area contributed by atoms with Crippen molar-refractivity contribution in [1.82, 2.24) is 29.7 Å². The predicted octanol–water partition coefficient (Wildman–Crippen LogP) is 6.44. The van der Waals surface area contributed by atoms with Gasteiger partial charge >= 0.3 is 0 Å². The van der Waals surface area contributed by atoms with Crippen LogP contribution in [0.2, 0.25) is 0 Å². The summed E-state index contributed by atoms with van der Waals surface area (Å²) >= 11 is 0. The minimum absolute atomic E-state index is 0.0157. The second-order valence-electron chi connectivity index (χ2n) is 13.1. The quantitative estimate of drug-likeness (QED) is 0.247. The SMILES string of the molecule is CCOc1ccc(-c2cn(C3CCOC4(CCN(C(=O)c5cn(-c6ccc(C)cc6)nc5C(C)(C)C)CC4)C3)nn2)c(F)c1F. The fraction of sp³-hybridized carbons (Fsp3) is 0.471. The van der Waals surface area contributed by atoms with Crippen molar-refractivity contribution in [2.24, 2.45) is 0 Å². The van der Waals surface area contributed by atoms with E-state index in [-0.39, 0.29) is 41.0 Å². The maximum Gasteiger partial charge on any atom is 0.257 e. The molecule has 2 aliphatic heterocycles. The van der Waals surface area contributed by atoms with E-state index in [2.05, 4.69) is 31.1 Å². The lowest BCUT2D eigenvalue weighted by atomic mass is 9.82. The molecule has 1 amide bonds. The Hall–Kier alpha value is -4.12. The van der Waals surface area contributed by atoms with Gasteiger partial charge in [-0.05, 0) is 63.8 Å². The lowest BCUT2D eigenvalue weighted by molar-refractivity contribution is -0.122. The largest absolute Gasteiger partial charge is 0.491 e. The van der Waals surface area contributed by atoms with Crippen molar-refractivity contribution in [3.05, 3.63) is 77.2 Å². The van der Waals surface area contributed by atoms with E-state index in [0.717, 1.165) is 23.4 Å². The molecule has 0 radical (unpaired) electrons. The Balaban J connectivity index is 1.15. The average Bonchev–Trinajstić information content (AvgIpc) is 3.69. The van der Waals surface area contributed by atoms with Gasteiger partial charge in [0.05, 0.1) is 41.4 Å². The molecule has 0 N–H and O–H groups in total. The summed E-state index contributed by atoms with van der Waals surface area (Å²) in [7, 11) is 0. The molecule has 9 nitrogen and oxygen atoms in total. The summed E-state index contributed by atoms with van der Waals surface area (Å²) in [6.07, 6.45) is 6.31. The van der Waals surface area contributed by atoms with Gasteiger partial charge in [-0.15, -0.1) is 5.10 Å². The number of carbonyl (C=O) groups is 1. The molecule has 2 fully saturated rings. The Labute approximate surface area is 262 Å². The second kappa shape index (κ2) is 12.0. The third kappa shape index (κ3) is 6.10. The standard InChI is InChI=1S/C34H40F2N6O3/c1-6-44-28-12-11-25(29(35)30(28)36)27-21-42(39-37-27)24-13-18-45-34(19-24)14-16-40(17-15-34)32(43)26-20-41(38-31(26)33(3,4)5)23-9-7-22(2)8-10-23/h7-12,20-21,24H,6,13-19H2,1-5H3. The first-order chi connectivity index (χ1) is 21.5. The van der Waals surface area contributed by atoms with Crippen molar-refractivity contribution in [3.8, 4) is 22.7 Å². The molecule has 2 saturated heterocycles. The van der Waals surface area contributed by atoms with Crippen molar-refractivity contribution < 1.29 is 23.0 Å². The molecule has 2 aromatic heterocycles. The Bertz CT molecular complexity index is 1680. The third-order valence-electron chi connectivity index (χ3n) is 8.89. The van der Waals surface area contributed by atoms with E-state index in [1.165, 1.54) is 12.1 Å². The van der Waals surface area contributed by atoms with E-state index in [0.29, 0.717) is 44.5 Å². The Kier molecular flexibility index (Phi) is 8.24. The van der Waals surface area contributed by atoms with Crippen molar-refractivity contribution in [2.75, 3.05) is 26.3 Å². The number of hydrogen-bond acceptors (Lipinski definition) is 6. The summed E-state index contributed by atoms with van der Waals surface area (Å²) in [5.41, 5.74) is 3.05. The molecule has 2 aliphatic rings. The minimum atomic E-state index is -1.03. The summed E-state index contributed by atoms with van der Waals surface area (Å²) in [6.45, 7) is 11.9. The molecule has 4 aromatic rings. The first-order valence-electron chi connectivity index (χ1n) is 15.6. The van der Waals surface area contributed by atoms with Gasteiger partial charge in [-0.2, -0.15) is 9.49 Å². The van der Waals surface area contributed by atoms with Crippen molar-refractivity contribution >= 4 is 5.91 Å². The van der Waals surface area contributed by atoms with Gasteiger partial charge in [0, 0.05) is 36.9 Å². The highest BCUT2D eigenvalue weighted by Crippen LogP contribution is 2.40. The van der Waals surface area contributed by atoms with E-state index < -0.39 is 17.2 Å². The molecule has 238 valence electrons. The summed E-state index contributed by atoms with van der Waals surface area (Å²) in [5.74, 6) is -2.19. The first-order valence-corrected chi connectivity index (χ1v) is 15.6. The smallest absolute Gasteiger partial charge is 0.257 e. The van der Waals surface area contributed by atoms with Crippen LogP contribution in [0.5, 0.6) is 5.75 Å². The molecular weight excluding hydrogens is 578 g/mol. The highest BCUT2D eigenvalue weighted by Gasteiger charge is 2.43. The van der Waals surface area contributed by atoms with E-state index >= 15 is 0 Å². The van der Waals surface area contributed by atoms with Gasteiger partial charge in [0.25, 0.3) is 5.91 Å². The van der Waals surface area contributed by atoms with E-state index in [1.54, 1.807) is 22.5 Å². The van der Waals surface area contributed by atoms with Crippen LogP contribution in [0.1, 0.15) is 81.0 Å². The fourth-order valence-electron chi connectivity index (χ4n) is 6.35. The van der Waals surface area contributed by atoms with Gasteiger partial charge in [-0.1, -0.05) is 43.7 Å². The van der Waals surface area contributed by atoms with Crippen molar-refractivity contribution in [1.29, 1.82) is 0 Å². The normalized spacial score (nSPS) is 18.4. The number of piperidine rings is 1. The zero-order valence-corrected chi connectivity index (χ0v) is 26.5. The van der Waals surface area contributed by atoms with Crippen LogP contribution in [-0.4, -0.2) is 67.5 Å². The monoisotopic (exact) mass is 618 g/mol. The van der Waals surface area contributed by atoms with Gasteiger partial charge in [-0.3, -0.25) is 4.79 Å². The summed E-state index contributed by atoms with van der Waals surface area (Å²) in [6, 6.07) is 11.0. The number of hydrogen-bond donors (Lipinski definition) is 0. The van der Waals surface area contributed by atoms with Gasteiger partial charge < -0.3 is 14.4 Å². The second-order valence-corrected chi connectivity index (χ2v) is 13.1. The third-order valence-corrected chi connectivity index (χ3v) is 8.89. The molecule has 0 bridgehead atoms. The van der Waals surface area contributed by atoms with E-state index in [1.807, 2.05) is 42.3 Å². The molecule has 11 heteroatoms. The first kappa shape index (κ1) is 30.9. The highest BCUT2D eigenvalue weighted by atomic mass is 19.2. The molecular formula is C34H40F2N6O3. The van der Waals surface area contributed by atoms with E-state index in [9.17, 15) is 13.6 Å². The van der Waals surface area contributed by atoms with Crippen molar-refractivity contribution in [3.63, 3.8) is 0 Å². The number of carbonyl (C=O) groups excluding carboxylic acids is 1. The Morgan fingerprint density at radius 1 is 1.07 bits per heavy atom. The molecule has 1 unspecified atom stereocenters. The number of likely N-dealkylation sites (tertiary alicyclic amines) is 1. The van der Waals surface area contributed by atoms with Crippen LogP contribution in [0, 0.1) is 18.6 Å². The Morgan fingerprint density at radius 2 is 1.80 bits per heavy atom. The maximum absolute atomic E-state index is 14.8. The van der Waals surface area contributed by atoms with Crippen LogP contribution in [0.25, 0.3) is 16.9 Å². The predicted molar refractivity (Wildman–Crippen MR) is 166 cm³/mol. The zero-order valence-electron chi connectivity index (χ0n) is 26.5. The number of nitrogens with zero attached hydrogens (tertiary/aromatic N) is 6. The molecule has 45 heavy (non-hydrogen) atoms. The van der Waals surface area contributed by atoms with Crippen LogP contribution in [-0.2, 0) is 10.2 Å². The van der Waals surface area contributed by atoms with Crippen LogP contribution in [0.15, 0.2) is 48.8 Å². The van der Waals surface area contributed by atoms with Gasteiger partial charge in [0.15, 0.2) is 11.6 Å². The molecule has 1 atom stereocenters. The highest BCUT2D eigenvalue weighted by molar-refractivity contribution is 5.95. The lowest BCUT2D eigenvalue weighted by Gasteiger charge is -2.46. The summed E-state index contributed by atoms with van der Waals surface area (Å²) in [5, 5.41) is 13.3. The van der Waals surface area contributed by atoms with Crippen LogP contribution < -0.4 is 4.74 Å². The number of aromatic nitrogens is 5. The topological polar surface area (TPSA) is 87.3 Å². The fourth-order valence-corrected chi connectivity index (χ4v) is 6.35. The number of amides is 1. The number of benzene rings is 2. The molecule has 6 rings (SSSR count). The molecule has 4 heterocycles. The van der Waals surface area contributed by atoms with Gasteiger partial charge in [-0.25, -0.2) is 13.8 Å². The molecule has 1 spiro atoms.